The maximum Gasteiger partial charge on any atom is 0.147 e. The van der Waals surface area contributed by atoms with Crippen LogP contribution < -0.4 is 5.32 Å². The van der Waals surface area contributed by atoms with E-state index in [0.29, 0.717) is 5.92 Å². The lowest BCUT2D eigenvalue weighted by atomic mass is 9.95. The van der Waals surface area contributed by atoms with Crippen molar-refractivity contribution in [1.29, 1.82) is 0 Å². The molecule has 27 heavy (non-hydrogen) atoms. The third kappa shape index (κ3) is 3.37. The van der Waals surface area contributed by atoms with Crippen molar-refractivity contribution in [3.63, 3.8) is 0 Å². The summed E-state index contributed by atoms with van der Waals surface area (Å²) in [7, 11) is 0. The predicted octanol–water partition coefficient (Wildman–Crippen LogP) is 3.24. The van der Waals surface area contributed by atoms with Gasteiger partial charge in [0.25, 0.3) is 0 Å². The van der Waals surface area contributed by atoms with Crippen molar-refractivity contribution in [3.05, 3.63) is 47.2 Å². The van der Waals surface area contributed by atoms with Crippen LogP contribution in [-0.2, 0) is 19.6 Å². The minimum atomic E-state index is 0. The van der Waals surface area contributed by atoms with Gasteiger partial charge in [-0.2, -0.15) is 0 Å². The molecule has 0 saturated carbocycles. The van der Waals surface area contributed by atoms with Gasteiger partial charge in [-0.25, -0.2) is 0 Å². The number of nitrogens with one attached hydrogen (secondary N) is 1. The van der Waals surface area contributed by atoms with Gasteiger partial charge in [0.05, 0.1) is 6.54 Å². The Hall–Kier alpha value is -1.89. The average molecular weight is 388 g/mol. The summed E-state index contributed by atoms with van der Waals surface area (Å²) in [4.78, 5) is 2.55. The van der Waals surface area contributed by atoms with Crippen molar-refractivity contribution < 1.29 is 4.42 Å². The Morgan fingerprint density at radius 2 is 1.96 bits per heavy atom. The Bertz CT molecular complexity index is 926. The monoisotopic (exact) mass is 387 g/mol. The van der Waals surface area contributed by atoms with Crippen molar-refractivity contribution in [3.8, 4) is 0 Å². The third-order valence-corrected chi connectivity index (χ3v) is 5.89. The first-order chi connectivity index (χ1) is 12.8. The highest BCUT2D eigenvalue weighted by Gasteiger charge is 2.27. The Labute approximate surface area is 165 Å². The molecule has 4 heterocycles. The largest absolute Gasteiger partial charge is 0.461 e. The first-order valence-electron chi connectivity index (χ1n) is 9.61. The molecule has 1 N–H and O–H groups in total. The van der Waals surface area contributed by atoms with E-state index in [4.69, 9.17) is 4.42 Å². The number of furan rings is 1. The van der Waals surface area contributed by atoms with E-state index in [1.807, 2.05) is 6.07 Å². The number of aromatic nitrogens is 3. The number of aryl methyl sites for hydroxylation is 1. The molecule has 2 aromatic heterocycles. The zero-order valence-electron chi connectivity index (χ0n) is 15.6. The number of rotatable bonds is 3. The number of para-hydroxylation sites is 1. The molecule has 0 amide bonds. The Morgan fingerprint density at radius 3 is 2.81 bits per heavy atom. The maximum absolute atomic E-state index is 5.93. The van der Waals surface area contributed by atoms with Crippen LogP contribution in [-0.4, -0.2) is 39.3 Å². The van der Waals surface area contributed by atoms with Gasteiger partial charge in [-0.3, -0.25) is 4.90 Å². The zero-order valence-corrected chi connectivity index (χ0v) is 16.5. The topological polar surface area (TPSA) is 59.1 Å². The van der Waals surface area contributed by atoms with E-state index >= 15 is 0 Å². The van der Waals surface area contributed by atoms with E-state index in [-0.39, 0.29) is 12.4 Å². The van der Waals surface area contributed by atoms with E-state index in [9.17, 15) is 0 Å². The van der Waals surface area contributed by atoms with Gasteiger partial charge in [0.2, 0.25) is 0 Å². The Kier molecular flexibility index (Phi) is 5.21. The van der Waals surface area contributed by atoms with E-state index in [0.717, 1.165) is 69.3 Å². The van der Waals surface area contributed by atoms with Crippen LogP contribution in [0.2, 0.25) is 0 Å². The molecule has 0 unspecified atom stereocenters. The van der Waals surface area contributed by atoms with Gasteiger partial charge >= 0.3 is 0 Å². The first kappa shape index (κ1) is 18.5. The first-order valence-corrected chi connectivity index (χ1v) is 9.61. The number of hydrogen-bond acceptors (Lipinski definition) is 5. The summed E-state index contributed by atoms with van der Waals surface area (Å²) in [6.07, 6.45) is 2.31. The fourth-order valence-corrected chi connectivity index (χ4v) is 4.41. The second kappa shape index (κ2) is 7.62. The van der Waals surface area contributed by atoms with Gasteiger partial charge in [-0.05, 0) is 38.9 Å². The fraction of sp³-hybridized carbons (Fsp3) is 0.500. The van der Waals surface area contributed by atoms with Crippen molar-refractivity contribution in [2.75, 3.05) is 19.6 Å². The molecule has 144 valence electrons. The van der Waals surface area contributed by atoms with Crippen molar-refractivity contribution in [1.82, 2.24) is 25.0 Å². The molecule has 0 atom stereocenters. The highest BCUT2D eigenvalue weighted by atomic mass is 35.5. The van der Waals surface area contributed by atoms with Crippen molar-refractivity contribution in [2.45, 2.75) is 45.3 Å². The van der Waals surface area contributed by atoms with E-state index in [1.165, 1.54) is 16.8 Å². The number of nitrogens with zero attached hydrogens (tertiary/aromatic N) is 4. The van der Waals surface area contributed by atoms with Gasteiger partial charge in [0.1, 0.15) is 23.0 Å². The molecular formula is C20H26ClN5O. The molecule has 3 aromatic rings. The van der Waals surface area contributed by atoms with Gasteiger partial charge in [0.15, 0.2) is 0 Å². The average Bonchev–Trinajstić information content (AvgIpc) is 3.24. The van der Waals surface area contributed by atoms with Crippen LogP contribution in [0.3, 0.4) is 0 Å². The third-order valence-electron chi connectivity index (χ3n) is 5.89. The molecule has 0 aliphatic carbocycles. The van der Waals surface area contributed by atoms with Crippen LogP contribution in [0, 0.1) is 6.92 Å². The van der Waals surface area contributed by atoms with E-state index in [1.54, 1.807) is 0 Å². The second-order valence-electron chi connectivity index (χ2n) is 7.49. The molecule has 6 nitrogen and oxygen atoms in total. The smallest absolute Gasteiger partial charge is 0.147 e. The quantitative estimate of drug-likeness (QED) is 0.747. The Balaban J connectivity index is 0.00000180. The fourth-order valence-electron chi connectivity index (χ4n) is 4.41. The summed E-state index contributed by atoms with van der Waals surface area (Å²) in [6.45, 7) is 8.12. The van der Waals surface area contributed by atoms with Crippen LogP contribution in [0.4, 0.5) is 0 Å². The summed E-state index contributed by atoms with van der Waals surface area (Å²) < 4.78 is 8.27. The molecule has 0 spiro atoms. The minimum Gasteiger partial charge on any atom is -0.461 e. The lowest BCUT2D eigenvalue weighted by Gasteiger charge is -2.32. The highest BCUT2D eigenvalue weighted by molar-refractivity contribution is 5.85. The maximum atomic E-state index is 5.93. The molecule has 7 heteroatoms. The number of halogens is 1. The SMILES string of the molecule is Cc1oc2ccccc2c1CN1CCC(c2nnc3n2CCNC3)CC1.Cl. The van der Waals surface area contributed by atoms with Crippen molar-refractivity contribution in [2.24, 2.45) is 0 Å². The second-order valence-corrected chi connectivity index (χ2v) is 7.49. The summed E-state index contributed by atoms with van der Waals surface area (Å²) in [6, 6.07) is 8.36. The lowest BCUT2D eigenvalue weighted by molar-refractivity contribution is 0.199. The van der Waals surface area contributed by atoms with Gasteiger partial charge in [-0.1, -0.05) is 18.2 Å². The van der Waals surface area contributed by atoms with Crippen LogP contribution in [0.25, 0.3) is 11.0 Å². The van der Waals surface area contributed by atoms with Crippen LogP contribution >= 0.6 is 12.4 Å². The molecule has 2 aliphatic rings. The molecule has 1 saturated heterocycles. The highest BCUT2D eigenvalue weighted by Crippen LogP contribution is 2.31. The normalized spacial score (nSPS) is 18.4. The van der Waals surface area contributed by atoms with Crippen molar-refractivity contribution >= 4 is 23.4 Å². The van der Waals surface area contributed by atoms with E-state index < -0.39 is 0 Å². The van der Waals surface area contributed by atoms with Gasteiger partial charge in [-0.15, -0.1) is 22.6 Å². The minimum absolute atomic E-state index is 0. The van der Waals surface area contributed by atoms with Gasteiger partial charge < -0.3 is 14.3 Å². The number of benzene rings is 1. The lowest BCUT2D eigenvalue weighted by Crippen LogP contribution is -2.34. The number of piperidine rings is 1. The molecule has 0 radical (unpaired) electrons. The van der Waals surface area contributed by atoms with Crippen LogP contribution in [0.1, 0.15) is 41.7 Å². The zero-order chi connectivity index (χ0) is 17.5. The molecule has 5 rings (SSSR count). The van der Waals surface area contributed by atoms with Crippen LogP contribution in [0.15, 0.2) is 28.7 Å². The number of likely N-dealkylation sites (tertiary alicyclic amines) is 1. The number of hydrogen-bond donors (Lipinski definition) is 1. The Morgan fingerprint density at radius 1 is 1.15 bits per heavy atom. The summed E-state index contributed by atoms with van der Waals surface area (Å²) >= 11 is 0. The molecular weight excluding hydrogens is 362 g/mol. The van der Waals surface area contributed by atoms with Crippen LogP contribution in [0.5, 0.6) is 0 Å². The molecule has 1 aromatic carbocycles. The summed E-state index contributed by atoms with van der Waals surface area (Å²) in [5.41, 5.74) is 2.34. The summed E-state index contributed by atoms with van der Waals surface area (Å²) in [5, 5.41) is 13.5. The van der Waals surface area contributed by atoms with Gasteiger partial charge in [0, 0.05) is 36.5 Å². The standard InChI is InChI=1S/C20H25N5O.ClH/c1-14-17(16-4-2-3-5-18(16)26-14)13-24-9-6-15(7-10-24)20-23-22-19-12-21-8-11-25(19)20;/h2-5,15,21H,6-13H2,1H3;1H. The van der Waals surface area contributed by atoms with E-state index in [2.05, 4.69) is 50.1 Å². The summed E-state index contributed by atoms with van der Waals surface area (Å²) in [5.74, 6) is 3.88. The molecule has 2 aliphatic heterocycles. The molecule has 1 fully saturated rings. The predicted molar refractivity (Wildman–Crippen MR) is 107 cm³/mol. The molecule has 0 bridgehead atoms. The number of fused-ring (bicyclic) bond motifs is 2.